The molecule has 2 rings (SSSR count). The Morgan fingerprint density at radius 3 is 2.50 bits per heavy atom. The second-order valence-corrected chi connectivity index (χ2v) is 4.77. The van der Waals surface area contributed by atoms with Gasteiger partial charge in [0.2, 0.25) is 0 Å². The lowest BCUT2D eigenvalue weighted by Gasteiger charge is -2.09. The van der Waals surface area contributed by atoms with Crippen molar-refractivity contribution in [3.63, 3.8) is 0 Å². The first-order valence-corrected chi connectivity index (χ1v) is 6.02. The highest BCUT2D eigenvalue weighted by Gasteiger charge is 2.05. The molecule has 0 amide bonds. The van der Waals surface area contributed by atoms with Crippen LogP contribution in [0.25, 0.3) is 0 Å². The molecule has 82 valence electrons. The van der Waals surface area contributed by atoms with Crippen LogP contribution in [0.5, 0.6) is 11.5 Å². The molecule has 0 bridgehead atoms. The Morgan fingerprint density at radius 2 is 1.81 bits per heavy atom. The Labute approximate surface area is 108 Å². The molecule has 0 aromatic heterocycles. The van der Waals surface area contributed by atoms with Crippen LogP contribution in [0.2, 0.25) is 5.02 Å². The van der Waals surface area contributed by atoms with E-state index in [9.17, 15) is 0 Å². The zero-order valence-electron chi connectivity index (χ0n) is 8.71. The third-order valence-corrected chi connectivity index (χ3v) is 3.00. The standard InChI is InChI=1S/C13H10BrClO/c1-9-4-2-3-5-12(9)16-13-7-6-10(14)8-11(13)15/h2-8H,1H3. The van der Waals surface area contributed by atoms with E-state index in [-0.39, 0.29) is 0 Å². The fraction of sp³-hybridized carbons (Fsp3) is 0.0769. The van der Waals surface area contributed by atoms with Crippen molar-refractivity contribution in [1.29, 1.82) is 0 Å². The van der Waals surface area contributed by atoms with Crippen molar-refractivity contribution in [2.24, 2.45) is 0 Å². The molecule has 0 saturated carbocycles. The first-order valence-electron chi connectivity index (χ1n) is 4.85. The maximum absolute atomic E-state index is 6.08. The number of rotatable bonds is 2. The van der Waals surface area contributed by atoms with Gasteiger partial charge in [0.05, 0.1) is 5.02 Å². The minimum absolute atomic E-state index is 0.595. The summed E-state index contributed by atoms with van der Waals surface area (Å²) in [7, 11) is 0. The molecule has 16 heavy (non-hydrogen) atoms. The van der Waals surface area contributed by atoms with Crippen molar-refractivity contribution >= 4 is 27.5 Å². The van der Waals surface area contributed by atoms with Crippen molar-refractivity contribution in [1.82, 2.24) is 0 Å². The maximum atomic E-state index is 6.08. The molecule has 0 aliphatic carbocycles. The van der Waals surface area contributed by atoms with Crippen LogP contribution in [-0.4, -0.2) is 0 Å². The van der Waals surface area contributed by atoms with E-state index < -0.39 is 0 Å². The van der Waals surface area contributed by atoms with Gasteiger partial charge < -0.3 is 4.74 Å². The molecule has 1 nitrogen and oxygen atoms in total. The van der Waals surface area contributed by atoms with Gasteiger partial charge in [-0.25, -0.2) is 0 Å². The first kappa shape index (κ1) is 11.5. The summed E-state index contributed by atoms with van der Waals surface area (Å²) in [5.74, 6) is 1.49. The predicted molar refractivity (Wildman–Crippen MR) is 70.4 cm³/mol. The van der Waals surface area contributed by atoms with Gasteiger partial charge in [-0.1, -0.05) is 45.7 Å². The van der Waals surface area contributed by atoms with Crippen LogP contribution in [0, 0.1) is 6.92 Å². The summed E-state index contributed by atoms with van der Waals surface area (Å²) in [4.78, 5) is 0. The van der Waals surface area contributed by atoms with Crippen LogP contribution in [0.4, 0.5) is 0 Å². The Kier molecular flexibility index (Phi) is 3.52. The Balaban J connectivity index is 2.31. The summed E-state index contributed by atoms with van der Waals surface area (Å²) in [5, 5.41) is 0.595. The number of halogens is 2. The highest BCUT2D eigenvalue weighted by molar-refractivity contribution is 9.10. The second-order valence-electron chi connectivity index (χ2n) is 3.44. The van der Waals surface area contributed by atoms with Gasteiger partial charge in [-0.2, -0.15) is 0 Å². The van der Waals surface area contributed by atoms with Crippen LogP contribution in [0.15, 0.2) is 46.9 Å². The quantitative estimate of drug-likeness (QED) is 0.740. The lowest BCUT2D eigenvalue weighted by molar-refractivity contribution is 0.479. The molecule has 3 heteroatoms. The fourth-order valence-electron chi connectivity index (χ4n) is 1.35. The van der Waals surface area contributed by atoms with Gasteiger partial charge in [-0.3, -0.25) is 0 Å². The molecule has 0 unspecified atom stereocenters. The van der Waals surface area contributed by atoms with Crippen LogP contribution in [0.3, 0.4) is 0 Å². The molecule has 0 fully saturated rings. The molecule has 0 aliphatic rings. The van der Waals surface area contributed by atoms with E-state index in [4.69, 9.17) is 16.3 Å². The van der Waals surface area contributed by atoms with E-state index in [0.29, 0.717) is 10.8 Å². The van der Waals surface area contributed by atoms with Gasteiger partial charge in [0, 0.05) is 4.47 Å². The SMILES string of the molecule is Cc1ccccc1Oc1ccc(Br)cc1Cl. The highest BCUT2D eigenvalue weighted by Crippen LogP contribution is 2.32. The van der Waals surface area contributed by atoms with E-state index in [1.54, 1.807) is 0 Å². The number of para-hydroxylation sites is 1. The van der Waals surface area contributed by atoms with Gasteiger partial charge in [-0.05, 0) is 36.8 Å². The minimum atomic E-state index is 0.595. The molecule has 0 aliphatic heterocycles. The number of benzene rings is 2. The number of aryl methyl sites for hydroxylation is 1. The largest absolute Gasteiger partial charge is 0.456 e. The third kappa shape index (κ3) is 2.57. The topological polar surface area (TPSA) is 9.23 Å². The predicted octanol–water partition coefficient (Wildman–Crippen LogP) is 5.20. The van der Waals surface area contributed by atoms with Crippen molar-refractivity contribution in [3.8, 4) is 11.5 Å². The van der Waals surface area contributed by atoms with Crippen LogP contribution >= 0.6 is 27.5 Å². The second kappa shape index (κ2) is 4.89. The van der Waals surface area contributed by atoms with Gasteiger partial charge >= 0.3 is 0 Å². The Morgan fingerprint density at radius 1 is 1.06 bits per heavy atom. The summed E-state index contributed by atoms with van der Waals surface area (Å²) in [6, 6.07) is 13.4. The molecule has 0 radical (unpaired) electrons. The highest BCUT2D eigenvalue weighted by atomic mass is 79.9. The monoisotopic (exact) mass is 296 g/mol. The lowest BCUT2D eigenvalue weighted by atomic mass is 10.2. The zero-order chi connectivity index (χ0) is 11.5. The Hall–Kier alpha value is -0.990. The zero-order valence-corrected chi connectivity index (χ0v) is 11.0. The molecular formula is C13H10BrClO. The summed E-state index contributed by atoms with van der Waals surface area (Å²) in [6.07, 6.45) is 0. The van der Waals surface area contributed by atoms with Crippen molar-refractivity contribution < 1.29 is 4.74 Å². The molecule has 0 N–H and O–H groups in total. The minimum Gasteiger partial charge on any atom is -0.456 e. The average molecular weight is 298 g/mol. The molecule has 0 atom stereocenters. The smallest absolute Gasteiger partial charge is 0.146 e. The van der Waals surface area contributed by atoms with Gasteiger partial charge in [-0.15, -0.1) is 0 Å². The van der Waals surface area contributed by atoms with Crippen molar-refractivity contribution in [2.75, 3.05) is 0 Å². The maximum Gasteiger partial charge on any atom is 0.146 e. The summed E-state index contributed by atoms with van der Waals surface area (Å²) in [5.41, 5.74) is 1.08. The van der Waals surface area contributed by atoms with Gasteiger partial charge in [0.15, 0.2) is 0 Å². The van der Waals surface area contributed by atoms with Gasteiger partial charge in [0.1, 0.15) is 11.5 Å². The fourth-order valence-corrected chi connectivity index (χ4v) is 2.06. The van der Waals surface area contributed by atoms with Gasteiger partial charge in [0.25, 0.3) is 0 Å². The molecule has 2 aromatic carbocycles. The summed E-state index contributed by atoms with van der Waals surface area (Å²) < 4.78 is 6.68. The normalized spacial score (nSPS) is 10.2. The average Bonchev–Trinajstić information content (AvgIpc) is 2.25. The summed E-state index contributed by atoms with van der Waals surface area (Å²) in [6.45, 7) is 2.00. The molecule has 0 heterocycles. The van der Waals surface area contributed by atoms with E-state index >= 15 is 0 Å². The van der Waals surface area contributed by atoms with Crippen LogP contribution < -0.4 is 4.74 Å². The number of hydrogen-bond acceptors (Lipinski definition) is 1. The van der Waals surface area contributed by atoms with Crippen LogP contribution in [0.1, 0.15) is 5.56 Å². The number of ether oxygens (including phenoxy) is 1. The summed E-state index contributed by atoms with van der Waals surface area (Å²) >= 11 is 9.43. The van der Waals surface area contributed by atoms with E-state index in [1.807, 2.05) is 49.4 Å². The first-order chi connectivity index (χ1) is 7.66. The molecular weight excluding hydrogens is 287 g/mol. The van der Waals surface area contributed by atoms with Crippen molar-refractivity contribution in [3.05, 3.63) is 57.5 Å². The number of hydrogen-bond donors (Lipinski definition) is 0. The van der Waals surface area contributed by atoms with E-state index in [0.717, 1.165) is 15.8 Å². The van der Waals surface area contributed by atoms with E-state index in [2.05, 4.69) is 15.9 Å². The molecule has 2 aromatic rings. The third-order valence-electron chi connectivity index (χ3n) is 2.21. The van der Waals surface area contributed by atoms with Crippen molar-refractivity contribution in [2.45, 2.75) is 6.92 Å². The Bertz CT molecular complexity index is 511. The molecule has 0 saturated heterocycles. The van der Waals surface area contributed by atoms with E-state index in [1.165, 1.54) is 0 Å². The van der Waals surface area contributed by atoms with Crippen LogP contribution in [-0.2, 0) is 0 Å². The molecule has 0 spiro atoms. The lowest BCUT2D eigenvalue weighted by Crippen LogP contribution is -1.87.